The van der Waals surface area contributed by atoms with Gasteiger partial charge in [-0.3, -0.25) is 4.79 Å². The average Bonchev–Trinajstić information content (AvgIpc) is 3.52. The zero-order chi connectivity index (χ0) is 24.6. The van der Waals surface area contributed by atoms with Crippen LogP contribution in [0.5, 0.6) is 11.5 Å². The van der Waals surface area contributed by atoms with Crippen molar-refractivity contribution in [3.05, 3.63) is 77.4 Å². The van der Waals surface area contributed by atoms with E-state index in [-0.39, 0.29) is 5.91 Å². The maximum atomic E-state index is 13.2. The molecule has 0 saturated carbocycles. The predicted molar refractivity (Wildman–Crippen MR) is 144 cm³/mol. The molecule has 36 heavy (non-hydrogen) atoms. The Kier molecular flexibility index (Phi) is 5.65. The Balaban J connectivity index is 1.24. The van der Waals surface area contributed by atoms with Crippen molar-refractivity contribution >= 4 is 55.4 Å². The summed E-state index contributed by atoms with van der Waals surface area (Å²) in [6, 6.07) is 18.1. The number of nitrogens with zero attached hydrogens (tertiary/aromatic N) is 3. The lowest BCUT2D eigenvalue weighted by Gasteiger charge is -2.18. The van der Waals surface area contributed by atoms with Crippen LogP contribution < -0.4 is 19.7 Å². The van der Waals surface area contributed by atoms with Gasteiger partial charge < -0.3 is 19.7 Å². The number of rotatable bonds is 6. The third kappa shape index (κ3) is 3.89. The Labute approximate surface area is 212 Å². The smallest absolute Gasteiger partial charge is 0.231 e. The second-order valence-electron chi connectivity index (χ2n) is 8.64. The van der Waals surface area contributed by atoms with Crippen LogP contribution in [-0.2, 0) is 17.6 Å². The molecule has 1 amide bonds. The molecule has 180 valence electrons. The van der Waals surface area contributed by atoms with Crippen molar-refractivity contribution in [3.8, 4) is 11.5 Å². The Morgan fingerprint density at radius 2 is 1.86 bits per heavy atom. The minimum atomic E-state index is 0.126. The predicted octanol–water partition coefficient (Wildman–Crippen LogP) is 5.74. The highest BCUT2D eigenvalue weighted by molar-refractivity contribution is 7.17. The quantitative estimate of drug-likeness (QED) is 0.323. The van der Waals surface area contributed by atoms with Crippen LogP contribution in [-0.4, -0.2) is 36.6 Å². The third-order valence-electron chi connectivity index (χ3n) is 6.58. The van der Waals surface area contributed by atoms with Gasteiger partial charge in [0.05, 0.1) is 26.2 Å². The van der Waals surface area contributed by atoms with E-state index < -0.39 is 0 Å². The van der Waals surface area contributed by atoms with Gasteiger partial charge in [0.15, 0.2) is 11.5 Å². The lowest BCUT2D eigenvalue weighted by atomic mass is 10.1. The molecule has 0 aliphatic carbocycles. The zero-order valence-corrected chi connectivity index (χ0v) is 20.8. The van der Waals surface area contributed by atoms with Crippen LogP contribution in [0, 0.1) is 0 Å². The van der Waals surface area contributed by atoms with Gasteiger partial charge in [0.2, 0.25) is 5.91 Å². The van der Waals surface area contributed by atoms with Gasteiger partial charge in [-0.05, 0) is 58.6 Å². The molecule has 0 bridgehead atoms. The Morgan fingerprint density at radius 1 is 1.03 bits per heavy atom. The summed E-state index contributed by atoms with van der Waals surface area (Å²) in [6.07, 6.45) is 2.75. The monoisotopic (exact) mass is 496 g/mol. The van der Waals surface area contributed by atoms with E-state index in [0.29, 0.717) is 30.3 Å². The van der Waals surface area contributed by atoms with E-state index >= 15 is 0 Å². The second-order valence-corrected chi connectivity index (χ2v) is 9.56. The molecule has 0 spiro atoms. The molecular weight excluding hydrogens is 472 g/mol. The van der Waals surface area contributed by atoms with Crippen molar-refractivity contribution in [2.24, 2.45) is 0 Å². The van der Waals surface area contributed by atoms with Gasteiger partial charge in [0.25, 0.3) is 0 Å². The highest BCUT2D eigenvalue weighted by Crippen LogP contribution is 2.36. The molecule has 0 fully saturated rings. The highest BCUT2D eigenvalue weighted by atomic mass is 32.1. The Hall–Kier alpha value is -4.17. The van der Waals surface area contributed by atoms with Crippen molar-refractivity contribution in [2.75, 3.05) is 31.0 Å². The van der Waals surface area contributed by atoms with Crippen molar-refractivity contribution in [3.63, 3.8) is 0 Å². The summed E-state index contributed by atoms with van der Waals surface area (Å²) in [6.45, 7) is 0.688. The first-order chi connectivity index (χ1) is 17.6. The summed E-state index contributed by atoms with van der Waals surface area (Å²) in [5.41, 5.74) is 4.87. The summed E-state index contributed by atoms with van der Waals surface area (Å²) < 4.78 is 12.1. The fourth-order valence-electron chi connectivity index (χ4n) is 4.79. The van der Waals surface area contributed by atoms with Crippen LogP contribution in [0.3, 0.4) is 0 Å². The number of carbonyl (C=O) groups excluding carboxylic acids is 1. The summed E-state index contributed by atoms with van der Waals surface area (Å²) >= 11 is 1.69. The Morgan fingerprint density at radius 3 is 2.72 bits per heavy atom. The number of thiophene rings is 1. The van der Waals surface area contributed by atoms with Crippen molar-refractivity contribution in [1.29, 1.82) is 0 Å². The second kappa shape index (κ2) is 9.13. The van der Waals surface area contributed by atoms with E-state index in [0.717, 1.165) is 39.8 Å². The van der Waals surface area contributed by atoms with Crippen molar-refractivity contribution in [2.45, 2.75) is 12.8 Å². The number of methoxy groups -OCH3 is 2. The van der Waals surface area contributed by atoms with Crippen LogP contribution in [0.1, 0.15) is 11.1 Å². The van der Waals surface area contributed by atoms with Gasteiger partial charge in [-0.1, -0.05) is 18.2 Å². The molecule has 3 heterocycles. The number of hydrogen-bond acceptors (Lipinski definition) is 7. The summed E-state index contributed by atoms with van der Waals surface area (Å²) in [5, 5.41) is 7.51. The van der Waals surface area contributed by atoms with Crippen LogP contribution in [0.15, 0.2) is 66.3 Å². The van der Waals surface area contributed by atoms with Crippen LogP contribution >= 0.6 is 11.3 Å². The van der Waals surface area contributed by atoms with E-state index in [1.54, 1.807) is 25.6 Å². The lowest BCUT2D eigenvalue weighted by Crippen LogP contribution is -2.30. The number of aromatic nitrogens is 2. The van der Waals surface area contributed by atoms with Gasteiger partial charge in [0, 0.05) is 34.1 Å². The molecule has 1 aliphatic rings. The summed E-state index contributed by atoms with van der Waals surface area (Å²) in [5.74, 6) is 2.04. The minimum absolute atomic E-state index is 0.126. The molecule has 7 nitrogen and oxygen atoms in total. The van der Waals surface area contributed by atoms with E-state index in [4.69, 9.17) is 9.47 Å². The zero-order valence-electron chi connectivity index (χ0n) is 19.9. The maximum absolute atomic E-state index is 13.2. The average molecular weight is 497 g/mol. The highest BCUT2D eigenvalue weighted by Gasteiger charge is 2.25. The first-order valence-electron chi connectivity index (χ1n) is 11.7. The first kappa shape index (κ1) is 22.3. The normalized spacial score (nSPS) is 12.7. The van der Waals surface area contributed by atoms with Crippen molar-refractivity contribution < 1.29 is 14.3 Å². The largest absolute Gasteiger partial charge is 0.493 e. The van der Waals surface area contributed by atoms with Gasteiger partial charge in [-0.2, -0.15) is 0 Å². The lowest BCUT2D eigenvalue weighted by molar-refractivity contribution is -0.117. The summed E-state index contributed by atoms with van der Waals surface area (Å²) in [7, 11) is 3.21. The topological polar surface area (TPSA) is 76.6 Å². The molecule has 0 radical (unpaired) electrons. The fraction of sp³-hybridized carbons (Fsp3) is 0.179. The SMILES string of the molecule is COc1cc2ncnc(Nc3ccc4c(c3)CCN4C(=O)Cc3csc4ccccc34)c2cc1OC. The molecule has 1 N–H and O–H groups in total. The van der Waals surface area contributed by atoms with E-state index in [1.807, 2.05) is 41.3 Å². The van der Waals surface area contributed by atoms with Crippen LogP contribution in [0.4, 0.5) is 17.2 Å². The molecule has 1 aliphatic heterocycles. The van der Waals surface area contributed by atoms with Crippen LogP contribution in [0.25, 0.3) is 21.0 Å². The first-order valence-corrected chi connectivity index (χ1v) is 12.5. The molecule has 3 aromatic carbocycles. The third-order valence-corrected chi connectivity index (χ3v) is 7.59. The number of amides is 1. The number of fused-ring (bicyclic) bond motifs is 3. The fourth-order valence-corrected chi connectivity index (χ4v) is 5.75. The number of anilines is 3. The molecule has 0 unspecified atom stereocenters. The molecule has 6 rings (SSSR count). The number of hydrogen-bond donors (Lipinski definition) is 1. The van der Waals surface area contributed by atoms with Gasteiger partial charge in [-0.15, -0.1) is 11.3 Å². The number of carbonyl (C=O) groups is 1. The van der Waals surface area contributed by atoms with Gasteiger partial charge in [0.1, 0.15) is 12.1 Å². The molecule has 0 saturated heterocycles. The molecule has 5 aromatic rings. The molecular formula is C28H24N4O3S. The van der Waals surface area contributed by atoms with E-state index in [9.17, 15) is 4.79 Å². The molecule has 2 aromatic heterocycles. The van der Waals surface area contributed by atoms with E-state index in [1.165, 1.54) is 16.4 Å². The molecule has 0 atom stereocenters. The molecule has 8 heteroatoms. The summed E-state index contributed by atoms with van der Waals surface area (Å²) in [4.78, 5) is 24.0. The number of nitrogens with one attached hydrogen (secondary N) is 1. The van der Waals surface area contributed by atoms with Gasteiger partial charge in [-0.25, -0.2) is 9.97 Å². The van der Waals surface area contributed by atoms with Crippen molar-refractivity contribution in [1.82, 2.24) is 9.97 Å². The van der Waals surface area contributed by atoms with Gasteiger partial charge >= 0.3 is 0 Å². The van der Waals surface area contributed by atoms with E-state index in [2.05, 4.69) is 38.9 Å². The maximum Gasteiger partial charge on any atom is 0.231 e. The standard InChI is InChI=1S/C28H24N4O3S/c1-34-24-13-21-22(14-25(24)35-2)29-16-30-28(21)31-19-7-8-23-17(11-19)9-10-32(23)27(33)12-18-15-36-26-6-4-3-5-20(18)26/h3-8,11,13-16H,9-10,12H2,1-2H3,(H,29,30,31). The number of benzene rings is 3. The van der Waals surface area contributed by atoms with Crippen LogP contribution in [0.2, 0.25) is 0 Å². The Bertz CT molecular complexity index is 1610. The number of ether oxygens (including phenoxy) is 2. The minimum Gasteiger partial charge on any atom is -0.493 e.